The van der Waals surface area contributed by atoms with Gasteiger partial charge in [0.05, 0.1) is 6.54 Å². The molecule has 144 valence electrons. The third kappa shape index (κ3) is 3.61. The number of carbonyl (C=O) groups is 1. The highest BCUT2D eigenvalue weighted by Gasteiger charge is 2.50. The lowest BCUT2D eigenvalue weighted by atomic mass is 9.85. The molecule has 1 unspecified atom stereocenters. The van der Waals surface area contributed by atoms with Crippen LogP contribution in [0.2, 0.25) is 0 Å². The number of amides is 1. The number of halogens is 1. The molecule has 3 atom stereocenters. The summed E-state index contributed by atoms with van der Waals surface area (Å²) in [6.45, 7) is 0.715. The second-order valence-electron chi connectivity index (χ2n) is 7.76. The molecule has 0 saturated carbocycles. The van der Waals surface area contributed by atoms with Gasteiger partial charge in [0.2, 0.25) is 5.91 Å². The zero-order valence-corrected chi connectivity index (χ0v) is 15.4. The summed E-state index contributed by atoms with van der Waals surface area (Å²) in [5.41, 5.74) is -0.0546. The Bertz CT molecular complexity index is 806. The lowest BCUT2D eigenvalue weighted by Crippen LogP contribution is -2.53. The summed E-state index contributed by atoms with van der Waals surface area (Å²) >= 11 is 0. The van der Waals surface area contributed by atoms with E-state index in [-0.39, 0.29) is 23.8 Å². The van der Waals surface area contributed by atoms with Crippen LogP contribution in [0.15, 0.2) is 36.7 Å². The fourth-order valence-electron chi connectivity index (χ4n) is 4.60. The van der Waals surface area contributed by atoms with Crippen molar-refractivity contribution in [2.24, 2.45) is 7.05 Å². The quantitative estimate of drug-likeness (QED) is 0.838. The molecule has 0 radical (unpaired) electrons. The second-order valence-corrected chi connectivity index (χ2v) is 7.76. The number of rotatable bonds is 5. The Balaban J connectivity index is 1.36. The fraction of sp³-hybridized carbons (Fsp3) is 0.500. The highest BCUT2D eigenvalue weighted by atomic mass is 19.1. The topological polar surface area (TPSA) is 70.4 Å². The standard InChI is InChI=1S/C20H25FN4O2/c1-24-9-8-22-19(24)20(27)10-16-6-7-17(11-20)25(16)13-18(26)23-12-14-2-4-15(21)5-3-14/h2-5,8-9,16-17,27H,6-7,10-13H2,1H3,(H,23,26)/t16-,17+,20?. The summed E-state index contributed by atoms with van der Waals surface area (Å²) in [6.07, 6.45) is 6.74. The van der Waals surface area contributed by atoms with Crippen molar-refractivity contribution in [3.63, 3.8) is 0 Å². The maximum atomic E-state index is 13.0. The van der Waals surface area contributed by atoms with Crippen molar-refractivity contribution in [3.05, 3.63) is 53.9 Å². The molecule has 2 bridgehead atoms. The maximum Gasteiger partial charge on any atom is 0.234 e. The minimum Gasteiger partial charge on any atom is -0.382 e. The van der Waals surface area contributed by atoms with Crippen molar-refractivity contribution in [3.8, 4) is 0 Å². The molecule has 1 aromatic heterocycles. The minimum atomic E-state index is -0.925. The number of fused-ring (bicyclic) bond motifs is 2. The molecule has 1 aromatic carbocycles. The third-order valence-electron chi connectivity index (χ3n) is 5.88. The molecule has 1 amide bonds. The van der Waals surface area contributed by atoms with Gasteiger partial charge in [-0.1, -0.05) is 12.1 Å². The van der Waals surface area contributed by atoms with Crippen molar-refractivity contribution in [1.29, 1.82) is 0 Å². The molecule has 2 aliphatic rings. The van der Waals surface area contributed by atoms with Gasteiger partial charge in [-0.3, -0.25) is 9.69 Å². The summed E-state index contributed by atoms with van der Waals surface area (Å²) in [5.74, 6) is 0.383. The highest BCUT2D eigenvalue weighted by Crippen LogP contribution is 2.44. The number of aliphatic hydroxyl groups is 1. The van der Waals surface area contributed by atoms with E-state index in [1.165, 1.54) is 12.1 Å². The third-order valence-corrected chi connectivity index (χ3v) is 5.88. The van der Waals surface area contributed by atoms with Crippen molar-refractivity contribution < 1.29 is 14.3 Å². The van der Waals surface area contributed by atoms with Gasteiger partial charge in [-0.2, -0.15) is 0 Å². The van der Waals surface area contributed by atoms with E-state index in [2.05, 4.69) is 15.2 Å². The minimum absolute atomic E-state index is 0.0429. The molecule has 6 nitrogen and oxygen atoms in total. The van der Waals surface area contributed by atoms with Crippen LogP contribution in [0.4, 0.5) is 4.39 Å². The fourth-order valence-corrected chi connectivity index (χ4v) is 4.60. The summed E-state index contributed by atoms with van der Waals surface area (Å²) in [4.78, 5) is 19.0. The molecule has 0 spiro atoms. The smallest absolute Gasteiger partial charge is 0.234 e. The molecule has 3 heterocycles. The number of imidazole rings is 1. The number of nitrogens with one attached hydrogen (secondary N) is 1. The zero-order chi connectivity index (χ0) is 19.0. The number of benzene rings is 1. The lowest BCUT2D eigenvalue weighted by molar-refractivity contribution is -0.126. The Kier molecular flexibility index (Phi) is 4.74. The summed E-state index contributed by atoms with van der Waals surface area (Å²) in [6, 6.07) is 6.50. The Morgan fingerprint density at radius 2 is 1.96 bits per heavy atom. The number of hydrogen-bond donors (Lipinski definition) is 2. The second kappa shape index (κ2) is 7.05. The van der Waals surface area contributed by atoms with Crippen molar-refractivity contribution >= 4 is 5.91 Å². The average molecular weight is 372 g/mol. The molecule has 2 aromatic rings. The lowest BCUT2D eigenvalue weighted by Gasteiger charge is -2.43. The normalized spacial score (nSPS) is 27.7. The maximum absolute atomic E-state index is 13.0. The van der Waals surface area contributed by atoms with Gasteiger partial charge in [0.25, 0.3) is 0 Å². The van der Waals surface area contributed by atoms with Crippen molar-refractivity contribution in [1.82, 2.24) is 19.8 Å². The molecule has 2 aliphatic heterocycles. The number of aryl methyl sites for hydroxylation is 1. The molecule has 0 aliphatic carbocycles. The van der Waals surface area contributed by atoms with Gasteiger partial charge in [0.1, 0.15) is 17.2 Å². The van der Waals surface area contributed by atoms with E-state index < -0.39 is 5.60 Å². The van der Waals surface area contributed by atoms with E-state index in [0.717, 1.165) is 18.4 Å². The first-order valence-corrected chi connectivity index (χ1v) is 9.42. The molecular formula is C20H25FN4O2. The number of hydrogen-bond acceptors (Lipinski definition) is 4. The van der Waals surface area contributed by atoms with Crippen LogP contribution in [-0.4, -0.2) is 44.1 Å². The molecule has 27 heavy (non-hydrogen) atoms. The Hall–Kier alpha value is -2.25. The van der Waals surface area contributed by atoms with E-state index >= 15 is 0 Å². The molecule has 2 saturated heterocycles. The van der Waals surface area contributed by atoms with E-state index in [1.54, 1.807) is 18.3 Å². The van der Waals surface area contributed by atoms with Gasteiger partial charge in [0, 0.05) is 38.1 Å². The Morgan fingerprint density at radius 1 is 1.30 bits per heavy atom. The van der Waals surface area contributed by atoms with Gasteiger partial charge in [-0.15, -0.1) is 0 Å². The van der Waals surface area contributed by atoms with Crippen LogP contribution in [0, 0.1) is 5.82 Å². The molecule has 7 heteroatoms. The number of nitrogens with zero attached hydrogens (tertiary/aromatic N) is 3. The summed E-state index contributed by atoms with van der Waals surface area (Å²) in [7, 11) is 1.90. The summed E-state index contributed by atoms with van der Waals surface area (Å²) in [5, 5.41) is 14.1. The predicted octanol–water partition coefficient (Wildman–Crippen LogP) is 1.69. The first-order chi connectivity index (χ1) is 12.9. The average Bonchev–Trinajstić information content (AvgIpc) is 3.17. The number of aromatic nitrogens is 2. The SMILES string of the molecule is Cn1ccnc1C1(O)C[C@H]2CC[C@@H](C1)N2CC(=O)NCc1ccc(F)cc1. The van der Waals surface area contributed by atoms with E-state index in [1.807, 2.05) is 17.8 Å². The van der Waals surface area contributed by atoms with E-state index in [9.17, 15) is 14.3 Å². The van der Waals surface area contributed by atoms with Crippen molar-refractivity contribution in [2.75, 3.05) is 6.54 Å². The van der Waals surface area contributed by atoms with Gasteiger partial charge >= 0.3 is 0 Å². The van der Waals surface area contributed by atoms with Crippen LogP contribution in [0.3, 0.4) is 0 Å². The Labute approximate surface area is 158 Å². The molecule has 4 rings (SSSR count). The van der Waals surface area contributed by atoms with Gasteiger partial charge in [-0.25, -0.2) is 9.37 Å². The number of carbonyl (C=O) groups excluding carboxylic acids is 1. The monoisotopic (exact) mass is 372 g/mol. The number of piperidine rings is 1. The first-order valence-electron chi connectivity index (χ1n) is 9.42. The molecular weight excluding hydrogens is 347 g/mol. The van der Waals surface area contributed by atoms with Gasteiger partial charge in [-0.05, 0) is 43.4 Å². The van der Waals surface area contributed by atoms with E-state index in [4.69, 9.17) is 0 Å². The first kappa shape index (κ1) is 18.1. The van der Waals surface area contributed by atoms with Gasteiger partial charge in [0.15, 0.2) is 0 Å². The van der Waals surface area contributed by atoms with Crippen LogP contribution < -0.4 is 5.32 Å². The van der Waals surface area contributed by atoms with Crippen molar-refractivity contribution in [2.45, 2.75) is 49.9 Å². The zero-order valence-electron chi connectivity index (χ0n) is 15.4. The Morgan fingerprint density at radius 3 is 2.56 bits per heavy atom. The summed E-state index contributed by atoms with van der Waals surface area (Å²) < 4.78 is 14.8. The molecule has 2 fully saturated rings. The largest absolute Gasteiger partial charge is 0.382 e. The van der Waals surface area contributed by atoms with Gasteiger partial charge < -0.3 is 15.0 Å². The predicted molar refractivity (Wildman–Crippen MR) is 98.1 cm³/mol. The van der Waals surface area contributed by atoms with Crippen LogP contribution in [0.5, 0.6) is 0 Å². The van der Waals surface area contributed by atoms with Crippen LogP contribution in [0.25, 0.3) is 0 Å². The highest BCUT2D eigenvalue weighted by molar-refractivity contribution is 5.78. The van der Waals surface area contributed by atoms with Crippen LogP contribution >= 0.6 is 0 Å². The van der Waals surface area contributed by atoms with E-state index in [0.29, 0.717) is 31.8 Å². The van der Waals surface area contributed by atoms with Crippen LogP contribution in [0.1, 0.15) is 37.1 Å². The molecule has 2 N–H and O–H groups in total. The van der Waals surface area contributed by atoms with Crippen LogP contribution in [-0.2, 0) is 24.0 Å².